The normalized spacial score (nSPS) is 21.6. The first kappa shape index (κ1) is 23.6. The number of hydrogen-bond donors (Lipinski definition) is 0. The van der Waals surface area contributed by atoms with Crippen LogP contribution in [-0.2, 0) is 25.5 Å². The molecule has 0 aromatic heterocycles. The summed E-state index contributed by atoms with van der Waals surface area (Å²) < 4.78 is 48.2. The Labute approximate surface area is 185 Å². The molecule has 0 radical (unpaired) electrons. The molecule has 1 saturated carbocycles. The van der Waals surface area contributed by atoms with Gasteiger partial charge in [-0.3, -0.25) is 4.18 Å². The van der Waals surface area contributed by atoms with Crippen molar-refractivity contribution in [2.75, 3.05) is 20.8 Å². The molecule has 1 fully saturated rings. The van der Waals surface area contributed by atoms with Crippen LogP contribution < -0.4 is 9.47 Å². The predicted molar refractivity (Wildman–Crippen MR) is 119 cm³/mol. The molecule has 1 aliphatic rings. The van der Waals surface area contributed by atoms with Crippen LogP contribution in [0.2, 0.25) is 0 Å². The minimum Gasteiger partial charge on any atom is -0.493 e. The summed E-state index contributed by atoms with van der Waals surface area (Å²) in [6, 6.07) is 12.5. The van der Waals surface area contributed by atoms with Crippen molar-refractivity contribution in [2.24, 2.45) is 0 Å². The molecule has 0 aliphatic heterocycles. The van der Waals surface area contributed by atoms with Gasteiger partial charge in [0.15, 0.2) is 11.5 Å². The Bertz CT molecular complexity index is 970. The fraction of sp³-hybridized carbons (Fsp3) is 0.500. The Morgan fingerprint density at radius 1 is 1.00 bits per heavy atom. The number of aryl methyl sites for hydroxylation is 1. The second-order valence-corrected chi connectivity index (χ2v) is 9.77. The summed E-state index contributed by atoms with van der Waals surface area (Å²) in [5, 5.41) is 0. The van der Waals surface area contributed by atoms with Gasteiger partial charge >= 0.3 is 0 Å². The van der Waals surface area contributed by atoms with Gasteiger partial charge in [0, 0.05) is 0 Å². The van der Waals surface area contributed by atoms with Crippen molar-refractivity contribution < 1.29 is 26.8 Å². The molecule has 0 heterocycles. The molecule has 2 aromatic rings. The van der Waals surface area contributed by atoms with Crippen molar-refractivity contribution in [3.8, 4) is 11.5 Å². The zero-order chi connectivity index (χ0) is 22.5. The standard InChI is InChI=1S/C24H32O6S/c1-18-8-11-20(12-9-18)31(25,26)30-23-7-5-6-15-24(23,2)29-16-14-19-10-13-21(27-3)22(17-19)28-4/h8-13,17,23H,5-7,14-16H2,1-4H3/t23?,24-/m0/s1. The van der Waals surface area contributed by atoms with Crippen LogP contribution in [0.3, 0.4) is 0 Å². The van der Waals surface area contributed by atoms with E-state index >= 15 is 0 Å². The Morgan fingerprint density at radius 2 is 1.71 bits per heavy atom. The molecule has 0 bridgehead atoms. The molecule has 0 saturated heterocycles. The second-order valence-electron chi connectivity index (χ2n) is 8.20. The summed E-state index contributed by atoms with van der Waals surface area (Å²) in [6.45, 7) is 4.33. The maximum absolute atomic E-state index is 12.8. The molecule has 7 heteroatoms. The van der Waals surface area contributed by atoms with E-state index in [2.05, 4.69) is 0 Å². The molecule has 2 aromatic carbocycles. The van der Waals surface area contributed by atoms with Gasteiger partial charge in [-0.15, -0.1) is 0 Å². The molecule has 3 rings (SSSR count). The zero-order valence-electron chi connectivity index (χ0n) is 18.7. The van der Waals surface area contributed by atoms with Crippen molar-refractivity contribution in [1.29, 1.82) is 0 Å². The molecular formula is C24H32O6S. The summed E-state index contributed by atoms with van der Waals surface area (Å²) in [6.07, 6.45) is 3.47. The Balaban J connectivity index is 1.66. The monoisotopic (exact) mass is 448 g/mol. The van der Waals surface area contributed by atoms with Crippen molar-refractivity contribution in [2.45, 2.75) is 62.6 Å². The average molecular weight is 449 g/mol. The molecular weight excluding hydrogens is 416 g/mol. The van der Waals surface area contributed by atoms with E-state index in [0.717, 1.165) is 30.4 Å². The van der Waals surface area contributed by atoms with Crippen LogP contribution in [0.5, 0.6) is 11.5 Å². The van der Waals surface area contributed by atoms with E-state index in [-0.39, 0.29) is 4.90 Å². The number of benzene rings is 2. The first-order valence-electron chi connectivity index (χ1n) is 10.6. The first-order valence-corrected chi connectivity index (χ1v) is 12.0. The van der Waals surface area contributed by atoms with Gasteiger partial charge in [-0.05, 0) is 62.9 Å². The van der Waals surface area contributed by atoms with Crippen LogP contribution in [0.4, 0.5) is 0 Å². The third kappa shape index (κ3) is 5.79. The minimum absolute atomic E-state index is 0.177. The van der Waals surface area contributed by atoms with E-state index in [1.807, 2.05) is 32.0 Å². The smallest absolute Gasteiger partial charge is 0.297 e. The predicted octanol–water partition coefficient (Wildman–Crippen LogP) is 4.68. The molecule has 1 aliphatic carbocycles. The van der Waals surface area contributed by atoms with Crippen molar-refractivity contribution in [3.05, 3.63) is 53.6 Å². The van der Waals surface area contributed by atoms with Crippen LogP contribution in [0.25, 0.3) is 0 Å². The average Bonchev–Trinajstić information content (AvgIpc) is 2.75. The van der Waals surface area contributed by atoms with E-state index in [1.54, 1.807) is 38.5 Å². The Morgan fingerprint density at radius 3 is 2.39 bits per heavy atom. The van der Waals surface area contributed by atoms with Crippen LogP contribution in [0.1, 0.15) is 43.7 Å². The summed E-state index contributed by atoms with van der Waals surface area (Å²) in [5.41, 5.74) is 1.40. The maximum atomic E-state index is 12.8. The van der Waals surface area contributed by atoms with E-state index < -0.39 is 21.8 Å². The van der Waals surface area contributed by atoms with E-state index in [0.29, 0.717) is 30.9 Å². The van der Waals surface area contributed by atoms with Gasteiger partial charge in [0.25, 0.3) is 10.1 Å². The fourth-order valence-corrected chi connectivity index (χ4v) is 5.12. The molecule has 6 nitrogen and oxygen atoms in total. The van der Waals surface area contributed by atoms with Gasteiger partial charge in [0.1, 0.15) is 6.10 Å². The van der Waals surface area contributed by atoms with Crippen LogP contribution in [0, 0.1) is 6.92 Å². The molecule has 2 atom stereocenters. The lowest BCUT2D eigenvalue weighted by Gasteiger charge is -2.40. The highest BCUT2D eigenvalue weighted by atomic mass is 32.2. The van der Waals surface area contributed by atoms with Crippen LogP contribution >= 0.6 is 0 Å². The highest BCUT2D eigenvalue weighted by molar-refractivity contribution is 7.86. The number of methoxy groups -OCH3 is 2. The summed E-state index contributed by atoms with van der Waals surface area (Å²) >= 11 is 0. The summed E-state index contributed by atoms with van der Waals surface area (Å²) in [4.78, 5) is 0.177. The number of ether oxygens (including phenoxy) is 3. The van der Waals surface area contributed by atoms with Crippen molar-refractivity contribution in [3.63, 3.8) is 0 Å². The quantitative estimate of drug-likeness (QED) is 0.519. The Kier molecular flexibility index (Phi) is 7.62. The van der Waals surface area contributed by atoms with Gasteiger partial charge in [-0.2, -0.15) is 8.42 Å². The van der Waals surface area contributed by atoms with Gasteiger partial charge in [0.2, 0.25) is 0 Å². The fourth-order valence-electron chi connectivity index (χ4n) is 3.94. The van der Waals surface area contributed by atoms with E-state index in [9.17, 15) is 8.42 Å². The first-order chi connectivity index (χ1) is 14.8. The molecule has 0 N–H and O–H groups in total. The maximum Gasteiger partial charge on any atom is 0.297 e. The molecule has 31 heavy (non-hydrogen) atoms. The van der Waals surface area contributed by atoms with Crippen LogP contribution in [0.15, 0.2) is 47.4 Å². The topological polar surface area (TPSA) is 71.1 Å². The number of hydrogen-bond acceptors (Lipinski definition) is 6. The third-order valence-electron chi connectivity index (χ3n) is 5.89. The van der Waals surface area contributed by atoms with Crippen LogP contribution in [-0.4, -0.2) is 40.9 Å². The lowest BCUT2D eigenvalue weighted by molar-refractivity contribution is -0.120. The molecule has 0 amide bonds. The zero-order valence-corrected chi connectivity index (χ0v) is 19.5. The second kappa shape index (κ2) is 10.0. The summed E-state index contributed by atoms with van der Waals surface area (Å²) in [5.74, 6) is 1.36. The van der Waals surface area contributed by atoms with E-state index in [1.165, 1.54) is 0 Å². The highest BCUT2D eigenvalue weighted by Crippen LogP contribution is 2.36. The third-order valence-corrected chi connectivity index (χ3v) is 7.23. The van der Waals surface area contributed by atoms with Crippen molar-refractivity contribution in [1.82, 2.24) is 0 Å². The summed E-state index contributed by atoms with van der Waals surface area (Å²) in [7, 11) is -0.637. The van der Waals surface area contributed by atoms with Gasteiger partial charge in [0.05, 0.1) is 31.3 Å². The van der Waals surface area contributed by atoms with Gasteiger partial charge in [-0.25, -0.2) is 0 Å². The van der Waals surface area contributed by atoms with Crippen molar-refractivity contribution >= 4 is 10.1 Å². The van der Waals surface area contributed by atoms with Gasteiger partial charge < -0.3 is 14.2 Å². The molecule has 0 spiro atoms. The largest absolute Gasteiger partial charge is 0.493 e. The Hall–Kier alpha value is -2.09. The molecule has 170 valence electrons. The lowest BCUT2D eigenvalue weighted by Crippen LogP contribution is -2.47. The highest BCUT2D eigenvalue weighted by Gasteiger charge is 2.41. The lowest BCUT2D eigenvalue weighted by atomic mass is 9.83. The molecule has 1 unspecified atom stereocenters. The minimum atomic E-state index is -3.85. The number of rotatable bonds is 9. The SMILES string of the molecule is COc1ccc(CCO[C@@]2(C)CCCCC2OS(=O)(=O)c2ccc(C)cc2)cc1OC. The van der Waals surface area contributed by atoms with Gasteiger partial charge in [-0.1, -0.05) is 36.6 Å². The van der Waals surface area contributed by atoms with E-state index in [4.69, 9.17) is 18.4 Å².